The minimum absolute atomic E-state index is 0.0655. The second kappa shape index (κ2) is 5.96. The zero-order chi connectivity index (χ0) is 13.0. The average Bonchev–Trinajstić information content (AvgIpc) is 2.40. The highest BCUT2D eigenvalue weighted by atomic mass is 16.1. The highest BCUT2D eigenvalue weighted by Gasteiger charge is 2.19. The van der Waals surface area contributed by atoms with Gasteiger partial charge in [0.15, 0.2) is 5.78 Å². The molecule has 4 nitrogen and oxygen atoms in total. The van der Waals surface area contributed by atoms with Gasteiger partial charge in [-0.1, -0.05) is 0 Å². The van der Waals surface area contributed by atoms with Crippen LogP contribution in [0.5, 0.6) is 0 Å². The standard InChI is InChI=1S/C14H21N3O/c1-11(18)13-2-3-14(16-10-13)17-8-5-12(4-7-15)6-9-17/h2-3,10,12H,4-9,15H2,1H3. The summed E-state index contributed by atoms with van der Waals surface area (Å²) in [6.07, 6.45) is 5.18. The number of nitrogens with zero attached hydrogens (tertiary/aromatic N) is 2. The molecule has 1 aromatic heterocycles. The van der Waals surface area contributed by atoms with Crippen LogP contribution in [0, 0.1) is 5.92 Å². The van der Waals surface area contributed by atoms with Crippen molar-refractivity contribution in [2.24, 2.45) is 11.7 Å². The van der Waals surface area contributed by atoms with Gasteiger partial charge in [-0.05, 0) is 50.8 Å². The molecule has 0 spiro atoms. The Kier molecular flexibility index (Phi) is 4.31. The number of ketones is 1. The molecule has 1 saturated heterocycles. The van der Waals surface area contributed by atoms with E-state index in [1.54, 1.807) is 13.1 Å². The first kappa shape index (κ1) is 13.0. The maximum atomic E-state index is 11.2. The first-order valence-electron chi connectivity index (χ1n) is 6.62. The van der Waals surface area contributed by atoms with E-state index in [-0.39, 0.29) is 5.78 Å². The maximum absolute atomic E-state index is 11.2. The molecule has 2 rings (SSSR count). The first-order chi connectivity index (χ1) is 8.70. The van der Waals surface area contributed by atoms with Gasteiger partial charge < -0.3 is 10.6 Å². The lowest BCUT2D eigenvalue weighted by Crippen LogP contribution is -2.34. The van der Waals surface area contributed by atoms with Crippen molar-refractivity contribution in [1.29, 1.82) is 0 Å². The molecule has 18 heavy (non-hydrogen) atoms. The smallest absolute Gasteiger partial charge is 0.161 e. The Bertz CT molecular complexity index is 394. The Morgan fingerprint density at radius 1 is 1.44 bits per heavy atom. The third-order valence-electron chi connectivity index (χ3n) is 3.67. The zero-order valence-corrected chi connectivity index (χ0v) is 10.9. The molecule has 0 aliphatic carbocycles. The molecule has 0 unspecified atom stereocenters. The van der Waals surface area contributed by atoms with Crippen molar-refractivity contribution in [3.63, 3.8) is 0 Å². The van der Waals surface area contributed by atoms with Crippen LogP contribution in [-0.2, 0) is 0 Å². The molecule has 98 valence electrons. The third kappa shape index (κ3) is 3.07. The second-order valence-electron chi connectivity index (χ2n) is 4.97. The summed E-state index contributed by atoms with van der Waals surface area (Å²) >= 11 is 0. The predicted octanol–water partition coefficient (Wildman–Crippen LogP) is 1.85. The highest BCUT2D eigenvalue weighted by molar-refractivity contribution is 5.93. The Morgan fingerprint density at radius 2 is 2.17 bits per heavy atom. The van der Waals surface area contributed by atoms with Crippen LogP contribution in [0.25, 0.3) is 0 Å². The van der Waals surface area contributed by atoms with Gasteiger partial charge in [-0.3, -0.25) is 4.79 Å². The fraction of sp³-hybridized carbons (Fsp3) is 0.571. The molecule has 4 heteroatoms. The van der Waals surface area contributed by atoms with Crippen LogP contribution >= 0.6 is 0 Å². The lowest BCUT2D eigenvalue weighted by atomic mass is 9.93. The fourth-order valence-corrected chi connectivity index (χ4v) is 2.47. The lowest BCUT2D eigenvalue weighted by molar-refractivity contribution is 0.101. The Morgan fingerprint density at radius 3 is 2.67 bits per heavy atom. The van der Waals surface area contributed by atoms with E-state index in [2.05, 4.69) is 9.88 Å². The minimum atomic E-state index is 0.0655. The minimum Gasteiger partial charge on any atom is -0.357 e. The summed E-state index contributed by atoms with van der Waals surface area (Å²) in [6, 6.07) is 3.80. The number of anilines is 1. The molecule has 0 atom stereocenters. The number of aromatic nitrogens is 1. The van der Waals surface area contributed by atoms with Crippen LogP contribution < -0.4 is 10.6 Å². The van der Waals surface area contributed by atoms with Gasteiger partial charge in [0.2, 0.25) is 0 Å². The number of rotatable bonds is 4. The third-order valence-corrected chi connectivity index (χ3v) is 3.67. The SMILES string of the molecule is CC(=O)c1ccc(N2CCC(CCN)CC2)nc1. The number of nitrogens with two attached hydrogens (primary N) is 1. The molecular weight excluding hydrogens is 226 g/mol. The quantitative estimate of drug-likeness (QED) is 0.825. The monoisotopic (exact) mass is 247 g/mol. The molecule has 1 fully saturated rings. The number of carbonyl (C=O) groups excluding carboxylic acids is 1. The number of piperidine rings is 1. The van der Waals surface area contributed by atoms with Gasteiger partial charge in [-0.15, -0.1) is 0 Å². The van der Waals surface area contributed by atoms with Gasteiger partial charge in [-0.2, -0.15) is 0 Å². The van der Waals surface area contributed by atoms with Crippen molar-refractivity contribution < 1.29 is 4.79 Å². The molecular formula is C14H21N3O. The van der Waals surface area contributed by atoms with E-state index in [4.69, 9.17) is 5.73 Å². The van der Waals surface area contributed by atoms with E-state index in [0.717, 1.165) is 37.8 Å². The Balaban J connectivity index is 1.95. The van der Waals surface area contributed by atoms with Crippen molar-refractivity contribution >= 4 is 11.6 Å². The summed E-state index contributed by atoms with van der Waals surface area (Å²) in [5, 5.41) is 0. The zero-order valence-electron chi connectivity index (χ0n) is 10.9. The number of hydrogen-bond acceptors (Lipinski definition) is 4. The number of Topliss-reactive ketones (excluding diaryl/α,β-unsaturated/α-hetero) is 1. The summed E-state index contributed by atoms with van der Waals surface area (Å²) in [7, 11) is 0. The van der Waals surface area contributed by atoms with Gasteiger partial charge >= 0.3 is 0 Å². The molecule has 0 bridgehead atoms. The van der Waals surface area contributed by atoms with Gasteiger partial charge in [-0.25, -0.2) is 4.98 Å². The molecule has 1 aromatic rings. The summed E-state index contributed by atoms with van der Waals surface area (Å²) < 4.78 is 0. The molecule has 2 N–H and O–H groups in total. The summed E-state index contributed by atoms with van der Waals surface area (Å²) in [5.41, 5.74) is 6.27. The van der Waals surface area contributed by atoms with Crippen LogP contribution in [0.2, 0.25) is 0 Å². The van der Waals surface area contributed by atoms with Gasteiger partial charge in [0.1, 0.15) is 5.82 Å². The number of pyridine rings is 1. The van der Waals surface area contributed by atoms with Crippen molar-refractivity contribution in [3.05, 3.63) is 23.9 Å². The van der Waals surface area contributed by atoms with Crippen molar-refractivity contribution in [2.45, 2.75) is 26.2 Å². The molecule has 2 heterocycles. The number of hydrogen-bond donors (Lipinski definition) is 1. The lowest BCUT2D eigenvalue weighted by Gasteiger charge is -2.32. The van der Waals surface area contributed by atoms with Gasteiger partial charge in [0, 0.05) is 24.8 Å². The topological polar surface area (TPSA) is 59.2 Å². The summed E-state index contributed by atoms with van der Waals surface area (Å²) in [6.45, 7) is 4.43. The Labute approximate surface area is 108 Å². The van der Waals surface area contributed by atoms with E-state index in [1.165, 1.54) is 12.8 Å². The summed E-state index contributed by atoms with van der Waals surface area (Å²) in [5.74, 6) is 1.81. The van der Waals surface area contributed by atoms with Crippen molar-refractivity contribution in [3.8, 4) is 0 Å². The van der Waals surface area contributed by atoms with E-state index in [9.17, 15) is 4.79 Å². The normalized spacial score (nSPS) is 16.9. The second-order valence-corrected chi connectivity index (χ2v) is 4.97. The Hall–Kier alpha value is -1.42. The molecule has 0 aromatic carbocycles. The van der Waals surface area contributed by atoms with Crippen LogP contribution in [0.4, 0.5) is 5.82 Å². The summed E-state index contributed by atoms with van der Waals surface area (Å²) in [4.78, 5) is 17.8. The number of carbonyl (C=O) groups is 1. The van der Waals surface area contributed by atoms with E-state index in [1.807, 2.05) is 12.1 Å². The molecule has 0 amide bonds. The van der Waals surface area contributed by atoms with Crippen LogP contribution in [0.3, 0.4) is 0 Å². The predicted molar refractivity (Wildman–Crippen MR) is 72.8 cm³/mol. The largest absolute Gasteiger partial charge is 0.357 e. The van der Waals surface area contributed by atoms with Crippen molar-refractivity contribution in [1.82, 2.24) is 4.98 Å². The van der Waals surface area contributed by atoms with E-state index in [0.29, 0.717) is 5.56 Å². The van der Waals surface area contributed by atoms with Crippen LogP contribution in [-0.4, -0.2) is 30.4 Å². The molecule has 0 saturated carbocycles. The molecule has 0 radical (unpaired) electrons. The maximum Gasteiger partial charge on any atom is 0.161 e. The average molecular weight is 247 g/mol. The van der Waals surface area contributed by atoms with Gasteiger partial charge in [0.25, 0.3) is 0 Å². The van der Waals surface area contributed by atoms with Crippen molar-refractivity contribution in [2.75, 3.05) is 24.5 Å². The van der Waals surface area contributed by atoms with E-state index >= 15 is 0 Å². The van der Waals surface area contributed by atoms with Crippen LogP contribution in [0.15, 0.2) is 18.3 Å². The first-order valence-corrected chi connectivity index (χ1v) is 6.62. The van der Waals surface area contributed by atoms with E-state index < -0.39 is 0 Å². The van der Waals surface area contributed by atoms with Crippen LogP contribution in [0.1, 0.15) is 36.5 Å². The molecule has 1 aliphatic heterocycles. The molecule has 1 aliphatic rings. The highest BCUT2D eigenvalue weighted by Crippen LogP contribution is 2.23. The fourth-order valence-electron chi connectivity index (χ4n) is 2.47. The van der Waals surface area contributed by atoms with Gasteiger partial charge in [0.05, 0.1) is 0 Å².